The molecule has 0 aliphatic heterocycles. The first-order chi connectivity index (χ1) is 13.8. The van der Waals surface area contributed by atoms with Gasteiger partial charge < -0.3 is 9.52 Å². The van der Waals surface area contributed by atoms with Gasteiger partial charge in [0.05, 0.1) is 11.1 Å². The number of carbonyl (C=O) groups excluding carboxylic acids is 1. The van der Waals surface area contributed by atoms with Crippen LogP contribution in [0, 0.1) is 13.8 Å². The molecular formula is C21H20N2O5S. The number of furan rings is 1. The lowest BCUT2D eigenvalue weighted by Gasteiger charge is -2.04. The predicted molar refractivity (Wildman–Crippen MR) is 109 cm³/mol. The first kappa shape index (κ1) is 20.3. The number of phenolic OH excluding ortho intramolecular Hbond substituents is 1. The number of nitrogens with one attached hydrogen (secondary N) is 1. The fourth-order valence-corrected chi connectivity index (χ4v) is 4.03. The fraction of sp³-hybridized carbons (Fsp3) is 0.143. The predicted octanol–water partition coefficient (Wildman–Crippen LogP) is 3.34. The number of aryl methyl sites for hydroxylation is 2. The zero-order valence-corrected chi connectivity index (χ0v) is 16.7. The maximum absolute atomic E-state index is 12.4. The number of amides is 1. The Balaban J connectivity index is 1.65. The number of sulfone groups is 1. The van der Waals surface area contributed by atoms with Gasteiger partial charge >= 0.3 is 5.91 Å². The maximum atomic E-state index is 12.4. The highest BCUT2D eigenvalue weighted by Crippen LogP contribution is 2.22. The number of hydrogen-bond acceptors (Lipinski definition) is 6. The van der Waals surface area contributed by atoms with Crippen LogP contribution in [0.4, 0.5) is 0 Å². The second-order valence-electron chi connectivity index (χ2n) is 6.54. The molecule has 3 rings (SSSR count). The van der Waals surface area contributed by atoms with Crippen molar-refractivity contribution in [2.45, 2.75) is 24.5 Å². The normalized spacial score (nSPS) is 11.7. The summed E-state index contributed by atoms with van der Waals surface area (Å²) >= 11 is 0. The van der Waals surface area contributed by atoms with Gasteiger partial charge in [0.25, 0.3) is 0 Å². The third-order valence-electron chi connectivity index (χ3n) is 4.21. The number of aromatic hydroxyl groups is 1. The fourth-order valence-electron chi connectivity index (χ4n) is 2.76. The third-order valence-corrected chi connectivity index (χ3v) is 5.87. The molecule has 150 valence electrons. The number of carbonyl (C=O) groups is 1. The molecule has 3 aromatic rings. The van der Waals surface area contributed by atoms with Gasteiger partial charge in [0.1, 0.15) is 17.3 Å². The third kappa shape index (κ3) is 4.91. The van der Waals surface area contributed by atoms with Crippen molar-refractivity contribution < 1.29 is 22.7 Å². The Hall–Kier alpha value is -3.39. The van der Waals surface area contributed by atoms with Crippen molar-refractivity contribution >= 4 is 22.0 Å². The van der Waals surface area contributed by atoms with Crippen molar-refractivity contribution in [3.8, 4) is 5.75 Å². The van der Waals surface area contributed by atoms with Crippen LogP contribution in [0.25, 0.3) is 0 Å². The van der Waals surface area contributed by atoms with E-state index in [-0.39, 0.29) is 27.9 Å². The van der Waals surface area contributed by atoms with Crippen molar-refractivity contribution in [1.29, 1.82) is 0 Å². The van der Waals surface area contributed by atoms with Crippen molar-refractivity contribution in [2.75, 3.05) is 0 Å². The summed E-state index contributed by atoms with van der Waals surface area (Å²) < 4.78 is 30.1. The average molecular weight is 412 g/mol. The molecule has 0 bridgehead atoms. The summed E-state index contributed by atoms with van der Waals surface area (Å²) in [6, 6.07) is 14.3. The molecule has 8 heteroatoms. The highest BCUT2D eigenvalue weighted by atomic mass is 32.2. The minimum absolute atomic E-state index is 0.0431. The van der Waals surface area contributed by atoms with Crippen molar-refractivity contribution in [3.63, 3.8) is 0 Å². The summed E-state index contributed by atoms with van der Waals surface area (Å²) in [6.45, 7) is 3.54. The highest BCUT2D eigenvalue weighted by Gasteiger charge is 2.19. The number of hydrazone groups is 1. The summed E-state index contributed by atoms with van der Waals surface area (Å²) in [5.41, 5.74) is 4.45. The van der Waals surface area contributed by atoms with Crippen LogP contribution in [-0.4, -0.2) is 25.6 Å². The van der Waals surface area contributed by atoms with Crippen molar-refractivity contribution in [1.82, 2.24) is 5.43 Å². The number of hydrogen-bond donors (Lipinski definition) is 2. The van der Waals surface area contributed by atoms with Crippen LogP contribution < -0.4 is 5.43 Å². The van der Waals surface area contributed by atoms with Crippen LogP contribution in [0.5, 0.6) is 5.75 Å². The van der Waals surface area contributed by atoms with Gasteiger partial charge in [0.15, 0.2) is 15.6 Å². The van der Waals surface area contributed by atoms with E-state index in [4.69, 9.17) is 4.42 Å². The van der Waals surface area contributed by atoms with Gasteiger partial charge in [0, 0.05) is 0 Å². The minimum atomic E-state index is -3.57. The monoisotopic (exact) mass is 412 g/mol. The van der Waals surface area contributed by atoms with E-state index in [1.165, 1.54) is 30.5 Å². The average Bonchev–Trinajstić information content (AvgIpc) is 3.14. The van der Waals surface area contributed by atoms with E-state index in [0.717, 1.165) is 0 Å². The highest BCUT2D eigenvalue weighted by molar-refractivity contribution is 7.90. The molecule has 0 saturated carbocycles. The Morgan fingerprint density at radius 1 is 1.10 bits per heavy atom. The Kier molecular flexibility index (Phi) is 5.84. The van der Waals surface area contributed by atoms with Crippen LogP contribution in [0.15, 0.2) is 69.0 Å². The Bertz CT molecular complexity index is 1140. The first-order valence-electron chi connectivity index (χ1n) is 8.76. The Morgan fingerprint density at radius 2 is 1.76 bits per heavy atom. The van der Waals surface area contributed by atoms with Gasteiger partial charge in [-0.05, 0) is 66.9 Å². The quantitative estimate of drug-likeness (QED) is 0.477. The summed E-state index contributed by atoms with van der Waals surface area (Å²) in [6.07, 6.45) is 1.45. The van der Waals surface area contributed by atoms with Crippen molar-refractivity contribution in [3.05, 3.63) is 82.8 Å². The molecule has 7 nitrogen and oxygen atoms in total. The molecule has 0 atom stereocenters. The lowest BCUT2D eigenvalue weighted by atomic mass is 10.1. The summed E-state index contributed by atoms with van der Waals surface area (Å²) in [4.78, 5) is 12.4. The standard InChI is InChI=1S/C21H20N2O5S/c1-14-10-16(11-15(2)20(14)24)12-22-23-21(25)19-9-8-17(28-19)13-29(26,27)18-6-4-3-5-7-18/h3-12,24H,13H2,1-2H3,(H,23,25)/b22-12+. The summed E-state index contributed by atoms with van der Waals surface area (Å²) in [5, 5.41) is 13.7. The Labute approximate surface area is 168 Å². The van der Waals surface area contributed by atoms with Gasteiger partial charge in [-0.3, -0.25) is 4.79 Å². The molecule has 0 radical (unpaired) electrons. The van der Waals surface area contributed by atoms with Gasteiger partial charge in [-0.2, -0.15) is 5.10 Å². The molecule has 0 saturated heterocycles. The van der Waals surface area contributed by atoms with Gasteiger partial charge in [-0.15, -0.1) is 0 Å². The molecule has 1 amide bonds. The van der Waals surface area contributed by atoms with E-state index in [2.05, 4.69) is 10.5 Å². The maximum Gasteiger partial charge on any atom is 0.307 e. The second kappa shape index (κ2) is 8.32. The van der Waals surface area contributed by atoms with E-state index in [0.29, 0.717) is 16.7 Å². The molecule has 2 aromatic carbocycles. The number of nitrogens with zero attached hydrogens (tertiary/aromatic N) is 1. The van der Waals surface area contributed by atoms with E-state index in [9.17, 15) is 18.3 Å². The molecule has 0 fully saturated rings. The lowest BCUT2D eigenvalue weighted by molar-refractivity contribution is 0.0926. The summed E-state index contributed by atoms with van der Waals surface area (Å²) in [7, 11) is -3.57. The number of benzene rings is 2. The molecule has 0 aliphatic carbocycles. The zero-order chi connectivity index (χ0) is 21.0. The number of rotatable bonds is 6. The van der Waals surface area contributed by atoms with Gasteiger partial charge in [-0.25, -0.2) is 13.8 Å². The smallest absolute Gasteiger partial charge is 0.307 e. The number of phenols is 1. The van der Waals surface area contributed by atoms with E-state index < -0.39 is 15.7 Å². The molecule has 1 aromatic heterocycles. The SMILES string of the molecule is Cc1cc(/C=N/NC(=O)c2ccc(CS(=O)(=O)c3ccccc3)o2)cc(C)c1O. The summed E-state index contributed by atoms with van der Waals surface area (Å²) in [5.74, 6) is -0.609. The van der Waals surface area contributed by atoms with Crippen molar-refractivity contribution in [2.24, 2.45) is 5.10 Å². The van der Waals surface area contributed by atoms with E-state index in [1.807, 2.05) is 0 Å². The molecule has 1 heterocycles. The minimum Gasteiger partial charge on any atom is -0.507 e. The molecule has 0 unspecified atom stereocenters. The molecule has 29 heavy (non-hydrogen) atoms. The van der Waals surface area contributed by atoms with Gasteiger partial charge in [-0.1, -0.05) is 18.2 Å². The molecule has 0 aliphatic rings. The van der Waals surface area contributed by atoms with Crippen LogP contribution in [0.3, 0.4) is 0 Å². The van der Waals surface area contributed by atoms with Crippen LogP contribution in [0.2, 0.25) is 0 Å². The van der Waals surface area contributed by atoms with Crippen LogP contribution in [-0.2, 0) is 15.6 Å². The molecule has 0 spiro atoms. The lowest BCUT2D eigenvalue weighted by Crippen LogP contribution is -2.16. The van der Waals surface area contributed by atoms with E-state index in [1.54, 1.807) is 44.2 Å². The second-order valence-corrected chi connectivity index (χ2v) is 8.53. The largest absolute Gasteiger partial charge is 0.507 e. The zero-order valence-electron chi connectivity index (χ0n) is 15.9. The van der Waals surface area contributed by atoms with Crippen LogP contribution >= 0.6 is 0 Å². The molecule has 2 N–H and O–H groups in total. The van der Waals surface area contributed by atoms with Gasteiger partial charge in [0.2, 0.25) is 0 Å². The topological polar surface area (TPSA) is 109 Å². The first-order valence-corrected chi connectivity index (χ1v) is 10.4. The molecular weight excluding hydrogens is 392 g/mol. The van der Waals surface area contributed by atoms with Crippen LogP contribution in [0.1, 0.15) is 33.0 Å². The Morgan fingerprint density at radius 3 is 2.41 bits per heavy atom. The van der Waals surface area contributed by atoms with E-state index >= 15 is 0 Å².